The van der Waals surface area contributed by atoms with Gasteiger partial charge in [-0.25, -0.2) is 0 Å². The molecule has 22 heavy (non-hydrogen) atoms. The molecule has 2 bridgehead atoms. The maximum atomic E-state index is 4.69. The highest BCUT2D eigenvalue weighted by Crippen LogP contribution is 2.41. The SMILES string of the molecule is CN1[C@@H]2CC[C@H]1CN(c1cc(C3CC3)nn3cnnc13)CC2. The minimum atomic E-state index is 0.650. The Morgan fingerprint density at radius 2 is 1.95 bits per heavy atom. The van der Waals surface area contributed by atoms with Crippen LogP contribution in [-0.4, -0.2) is 56.9 Å². The minimum Gasteiger partial charge on any atom is -0.367 e. The predicted molar refractivity (Wildman–Crippen MR) is 84.2 cm³/mol. The molecular formula is C16H22N6. The average Bonchev–Trinajstić information content (AvgIpc) is 3.18. The Hall–Kier alpha value is -1.69. The van der Waals surface area contributed by atoms with Crippen molar-refractivity contribution in [2.45, 2.75) is 50.1 Å². The summed E-state index contributed by atoms with van der Waals surface area (Å²) in [6, 6.07) is 3.71. The van der Waals surface area contributed by atoms with Crippen LogP contribution in [-0.2, 0) is 0 Å². The smallest absolute Gasteiger partial charge is 0.200 e. The summed E-state index contributed by atoms with van der Waals surface area (Å²) in [6.45, 7) is 2.21. The van der Waals surface area contributed by atoms with Crippen LogP contribution in [0.5, 0.6) is 0 Å². The first-order valence-corrected chi connectivity index (χ1v) is 8.47. The molecular weight excluding hydrogens is 276 g/mol. The van der Waals surface area contributed by atoms with Crippen LogP contribution in [0.3, 0.4) is 0 Å². The van der Waals surface area contributed by atoms with Crippen molar-refractivity contribution in [1.82, 2.24) is 24.7 Å². The first kappa shape index (κ1) is 12.8. The third kappa shape index (κ3) is 1.93. The summed E-state index contributed by atoms with van der Waals surface area (Å²) in [5.41, 5.74) is 3.35. The first-order chi connectivity index (χ1) is 10.8. The van der Waals surface area contributed by atoms with Crippen molar-refractivity contribution < 1.29 is 0 Å². The molecule has 0 aromatic carbocycles. The Morgan fingerprint density at radius 3 is 2.82 bits per heavy atom. The van der Waals surface area contributed by atoms with Gasteiger partial charge in [0.25, 0.3) is 0 Å². The summed E-state index contributed by atoms with van der Waals surface area (Å²) in [5, 5.41) is 13.1. The van der Waals surface area contributed by atoms with Crippen LogP contribution in [0.25, 0.3) is 5.65 Å². The quantitative estimate of drug-likeness (QED) is 0.844. The molecule has 1 saturated carbocycles. The van der Waals surface area contributed by atoms with Crippen molar-refractivity contribution in [1.29, 1.82) is 0 Å². The highest BCUT2D eigenvalue weighted by atomic mass is 15.4. The van der Waals surface area contributed by atoms with Gasteiger partial charge in [0.05, 0.1) is 11.4 Å². The van der Waals surface area contributed by atoms with Gasteiger partial charge in [0, 0.05) is 31.1 Å². The molecule has 0 radical (unpaired) electrons. The molecule has 0 amide bonds. The lowest BCUT2D eigenvalue weighted by atomic mass is 10.1. The number of fused-ring (bicyclic) bond motifs is 3. The lowest BCUT2D eigenvalue weighted by Crippen LogP contribution is -2.37. The lowest BCUT2D eigenvalue weighted by Gasteiger charge is -2.27. The molecule has 2 aromatic heterocycles. The zero-order chi connectivity index (χ0) is 14.7. The van der Waals surface area contributed by atoms with Crippen LogP contribution in [0, 0.1) is 0 Å². The summed E-state index contributed by atoms with van der Waals surface area (Å²) in [6.07, 6.45) is 8.20. The van der Waals surface area contributed by atoms with Gasteiger partial charge in [-0.2, -0.15) is 9.61 Å². The molecule has 1 aliphatic carbocycles. The summed E-state index contributed by atoms with van der Waals surface area (Å²) < 4.78 is 1.87. The molecule has 5 rings (SSSR count). The molecule has 6 nitrogen and oxygen atoms in total. The summed E-state index contributed by atoms with van der Waals surface area (Å²) in [7, 11) is 2.29. The summed E-state index contributed by atoms with van der Waals surface area (Å²) in [4.78, 5) is 5.11. The fraction of sp³-hybridized carbons (Fsp3) is 0.688. The van der Waals surface area contributed by atoms with E-state index in [1.165, 1.54) is 43.5 Å². The number of likely N-dealkylation sites (N-methyl/N-ethyl adjacent to an activating group) is 1. The van der Waals surface area contributed by atoms with Crippen molar-refractivity contribution in [3.05, 3.63) is 18.1 Å². The van der Waals surface area contributed by atoms with E-state index in [2.05, 4.69) is 33.1 Å². The van der Waals surface area contributed by atoms with Gasteiger partial charge in [0.1, 0.15) is 6.33 Å². The van der Waals surface area contributed by atoms with Crippen molar-refractivity contribution in [2.75, 3.05) is 25.0 Å². The second-order valence-electron chi connectivity index (χ2n) is 7.11. The predicted octanol–water partition coefficient (Wildman–Crippen LogP) is 1.67. The van der Waals surface area contributed by atoms with E-state index in [9.17, 15) is 0 Å². The standard InChI is InChI=1S/C16H22N6/c1-20-12-4-5-13(20)9-21(7-6-12)15-8-14(11-2-3-11)19-22-10-17-18-16(15)22/h8,10-13H,2-7,9H2,1H3/t12-,13+/m1/s1. The molecule has 2 aliphatic heterocycles. The summed E-state index contributed by atoms with van der Waals surface area (Å²) >= 11 is 0. The fourth-order valence-electron chi connectivity index (χ4n) is 4.17. The fourth-order valence-corrected chi connectivity index (χ4v) is 4.17. The first-order valence-electron chi connectivity index (χ1n) is 8.47. The van der Waals surface area contributed by atoms with Crippen LogP contribution in [0.2, 0.25) is 0 Å². The van der Waals surface area contributed by atoms with Gasteiger partial charge in [-0.1, -0.05) is 0 Å². The number of anilines is 1. The Bertz CT molecular complexity index is 706. The number of hydrogen-bond acceptors (Lipinski definition) is 5. The number of aromatic nitrogens is 4. The number of nitrogens with zero attached hydrogens (tertiary/aromatic N) is 6. The van der Waals surface area contributed by atoms with Crippen LogP contribution < -0.4 is 4.90 Å². The molecule has 6 heteroatoms. The molecule has 116 valence electrons. The molecule has 2 atom stereocenters. The Labute approximate surface area is 130 Å². The zero-order valence-electron chi connectivity index (χ0n) is 13.0. The number of rotatable bonds is 2. The maximum Gasteiger partial charge on any atom is 0.200 e. The zero-order valence-corrected chi connectivity index (χ0v) is 13.0. The van der Waals surface area contributed by atoms with Crippen LogP contribution in [0.15, 0.2) is 12.4 Å². The highest BCUT2D eigenvalue weighted by molar-refractivity contribution is 5.68. The van der Waals surface area contributed by atoms with E-state index in [1.54, 1.807) is 6.33 Å². The topological polar surface area (TPSA) is 49.6 Å². The monoisotopic (exact) mass is 298 g/mol. The third-order valence-corrected chi connectivity index (χ3v) is 5.75. The Kier molecular flexibility index (Phi) is 2.71. The van der Waals surface area contributed by atoms with Gasteiger partial charge in [-0.15, -0.1) is 10.2 Å². The molecule has 2 saturated heterocycles. The van der Waals surface area contributed by atoms with E-state index in [1.807, 2.05) is 4.52 Å². The van der Waals surface area contributed by atoms with E-state index < -0.39 is 0 Å². The van der Waals surface area contributed by atoms with Crippen molar-refractivity contribution >= 4 is 11.3 Å². The Balaban J connectivity index is 1.56. The van der Waals surface area contributed by atoms with Gasteiger partial charge < -0.3 is 4.90 Å². The van der Waals surface area contributed by atoms with Crippen molar-refractivity contribution in [3.8, 4) is 0 Å². The molecule has 0 N–H and O–H groups in total. The van der Waals surface area contributed by atoms with Gasteiger partial charge in [0.15, 0.2) is 0 Å². The molecule has 4 heterocycles. The van der Waals surface area contributed by atoms with E-state index in [-0.39, 0.29) is 0 Å². The van der Waals surface area contributed by atoms with Crippen LogP contribution in [0.1, 0.15) is 43.7 Å². The summed E-state index contributed by atoms with van der Waals surface area (Å²) in [5.74, 6) is 0.650. The van der Waals surface area contributed by atoms with E-state index in [0.717, 1.165) is 24.8 Å². The molecule has 0 unspecified atom stereocenters. The van der Waals surface area contributed by atoms with Crippen molar-refractivity contribution in [2.24, 2.45) is 0 Å². The average molecular weight is 298 g/mol. The van der Waals surface area contributed by atoms with Gasteiger partial charge in [-0.05, 0) is 45.2 Å². The molecule has 0 spiro atoms. The largest absolute Gasteiger partial charge is 0.367 e. The van der Waals surface area contributed by atoms with Gasteiger partial charge >= 0.3 is 0 Å². The van der Waals surface area contributed by atoms with Crippen LogP contribution >= 0.6 is 0 Å². The molecule has 2 aromatic rings. The van der Waals surface area contributed by atoms with E-state index in [4.69, 9.17) is 5.10 Å². The highest BCUT2D eigenvalue weighted by Gasteiger charge is 2.36. The second-order valence-corrected chi connectivity index (χ2v) is 7.11. The molecule has 3 fully saturated rings. The molecule has 3 aliphatic rings. The van der Waals surface area contributed by atoms with E-state index in [0.29, 0.717) is 12.0 Å². The minimum absolute atomic E-state index is 0.650. The van der Waals surface area contributed by atoms with E-state index >= 15 is 0 Å². The number of hydrogen-bond donors (Lipinski definition) is 0. The van der Waals surface area contributed by atoms with Crippen LogP contribution in [0.4, 0.5) is 5.69 Å². The van der Waals surface area contributed by atoms with Gasteiger partial charge in [-0.3, -0.25) is 4.90 Å². The maximum absolute atomic E-state index is 4.69. The third-order valence-electron chi connectivity index (χ3n) is 5.75. The van der Waals surface area contributed by atoms with Crippen molar-refractivity contribution in [3.63, 3.8) is 0 Å². The van der Waals surface area contributed by atoms with Gasteiger partial charge in [0.2, 0.25) is 5.65 Å². The lowest BCUT2D eigenvalue weighted by molar-refractivity contribution is 0.254. The normalized spacial score (nSPS) is 29.2. The second kappa shape index (κ2) is 4.65. The Morgan fingerprint density at radius 1 is 1.09 bits per heavy atom.